The fourth-order valence-corrected chi connectivity index (χ4v) is 13.0. The topological polar surface area (TPSA) is 18.5 Å². The number of hydrogen-bond acceptors (Lipinski definition) is 2. The Hall–Kier alpha value is -3.81. The molecule has 0 radical (unpaired) electrons. The van der Waals surface area contributed by atoms with Crippen LogP contribution >= 0.6 is 7.92 Å². The third-order valence-corrected chi connectivity index (χ3v) is 14.8. The molecule has 0 amide bonds. The molecule has 2 aliphatic rings. The van der Waals surface area contributed by atoms with E-state index in [1.807, 2.05) is 6.07 Å². The molecule has 0 aliphatic heterocycles. The zero-order valence-electron chi connectivity index (χ0n) is 28.9. The quantitative estimate of drug-likeness (QED) is 0.118. The van der Waals surface area contributed by atoms with Crippen molar-refractivity contribution in [3.63, 3.8) is 0 Å². The Labute approximate surface area is 290 Å². The maximum absolute atomic E-state index is 5.56. The van der Waals surface area contributed by atoms with Crippen molar-refractivity contribution in [2.45, 2.75) is 75.5 Å². The number of methoxy groups -OCH3 is 2. The van der Waals surface area contributed by atoms with Crippen molar-refractivity contribution in [3.05, 3.63) is 140 Å². The van der Waals surface area contributed by atoms with Crippen molar-refractivity contribution >= 4 is 41.2 Å². The summed E-state index contributed by atoms with van der Waals surface area (Å²) in [7, 11) is 2.99. The van der Waals surface area contributed by atoms with Crippen LogP contribution in [0.2, 0.25) is 0 Å². The standard InChI is InChI=1S/C24H20B.C20H31O2P/c1-5-13-21(14-6-1)25(22-15-7-2-8-16-22,23-17-9-3-10-18-23)24-19-11-4-12-20-24;1-21-16-13-17(22-2)15-20(14-16)23(18-9-5-3-6-10-18)19-11-7-4-8-12-19/h1-20H;13-15,18-19H,3-12H2,1-2H3/q-1;/p+1. The van der Waals surface area contributed by atoms with Gasteiger partial charge in [-0.3, -0.25) is 0 Å². The molecule has 4 heteroatoms. The van der Waals surface area contributed by atoms with Gasteiger partial charge in [0.1, 0.15) is 17.6 Å². The van der Waals surface area contributed by atoms with Crippen LogP contribution in [0.4, 0.5) is 0 Å². The summed E-state index contributed by atoms with van der Waals surface area (Å²) in [5.41, 5.74) is 7.26. The first-order valence-electron chi connectivity index (χ1n) is 18.2. The molecule has 2 fully saturated rings. The van der Waals surface area contributed by atoms with Crippen LogP contribution < -0.4 is 36.6 Å². The van der Waals surface area contributed by atoms with Crippen LogP contribution in [-0.2, 0) is 0 Å². The van der Waals surface area contributed by atoms with E-state index in [9.17, 15) is 0 Å². The minimum absolute atomic E-state index is 0.547. The minimum Gasteiger partial charge on any atom is -0.496 e. The second-order valence-corrected chi connectivity index (χ2v) is 16.9. The molecular weight excluding hydrogens is 602 g/mol. The van der Waals surface area contributed by atoms with Crippen molar-refractivity contribution in [1.82, 2.24) is 0 Å². The van der Waals surface area contributed by atoms with Crippen LogP contribution in [0, 0.1) is 0 Å². The van der Waals surface area contributed by atoms with Crippen LogP contribution in [-0.4, -0.2) is 31.7 Å². The van der Waals surface area contributed by atoms with Crippen molar-refractivity contribution in [2.24, 2.45) is 0 Å². The van der Waals surface area contributed by atoms with E-state index < -0.39 is 14.1 Å². The summed E-state index contributed by atoms with van der Waals surface area (Å²) in [5, 5.41) is 1.56. The smallest absolute Gasteiger partial charge is 0.126 e. The van der Waals surface area contributed by atoms with E-state index in [2.05, 4.69) is 133 Å². The number of hydrogen-bond donors (Lipinski definition) is 0. The summed E-state index contributed by atoms with van der Waals surface area (Å²) in [6.07, 6.45) is 13.2. The van der Waals surface area contributed by atoms with E-state index in [4.69, 9.17) is 9.47 Å². The molecule has 0 aromatic heterocycles. The highest BCUT2D eigenvalue weighted by Gasteiger charge is 2.39. The van der Waals surface area contributed by atoms with Crippen molar-refractivity contribution in [2.75, 3.05) is 14.2 Å². The lowest BCUT2D eigenvalue weighted by molar-refractivity contribution is 0.395. The molecule has 7 rings (SSSR count). The van der Waals surface area contributed by atoms with Gasteiger partial charge in [-0.25, -0.2) is 0 Å². The van der Waals surface area contributed by atoms with E-state index in [0.29, 0.717) is 0 Å². The Morgan fingerprint density at radius 3 is 1.04 bits per heavy atom. The summed E-state index contributed by atoms with van der Waals surface area (Å²) in [5.74, 6) is 1.93. The Morgan fingerprint density at radius 1 is 0.438 bits per heavy atom. The molecule has 5 aromatic carbocycles. The molecule has 0 bridgehead atoms. The summed E-state index contributed by atoms with van der Waals surface area (Å²) in [6.45, 7) is 0. The molecule has 2 aliphatic carbocycles. The molecule has 0 unspecified atom stereocenters. The fraction of sp³-hybridized carbons (Fsp3) is 0.318. The van der Waals surface area contributed by atoms with Gasteiger partial charge in [0.2, 0.25) is 0 Å². The van der Waals surface area contributed by atoms with Crippen LogP contribution in [0.1, 0.15) is 64.2 Å². The summed E-state index contributed by atoms with van der Waals surface area (Å²) in [6, 6.07) is 50.2. The lowest BCUT2D eigenvalue weighted by atomic mass is 9.13. The lowest BCUT2D eigenvalue weighted by Crippen LogP contribution is -2.74. The average molecular weight is 655 g/mol. The lowest BCUT2D eigenvalue weighted by Gasteiger charge is -2.44. The SMILES string of the molecule is COc1cc(OC)cc([PH+](C2CCCCC2)C2CCCCC2)c1.c1ccc([B-](c2ccccc2)(c2ccccc2)c2ccccc2)cc1. The largest absolute Gasteiger partial charge is 0.496 e. The molecule has 48 heavy (non-hydrogen) atoms. The zero-order chi connectivity index (χ0) is 33.0. The third-order valence-electron chi connectivity index (χ3n) is 11.0. The first-order valence-corrected chi connectivity index (χ1v) is 19.9. The van der Waals surface area contributed by atoms with E-state index in [0.717, 1.165) is 22.8 Å². The van der Waals surface area contributed by atoms with E-state index >= 15 is 0 Å². The summed E-state index contributed by atoms with van der Waals surface area (Å²) < 4.78 is 11.1. The predicted octanol–water partition coefficient (Wildman–Crippen LogP) is 8.27. The van der Waals surface area contributed by atoms with Gasteiger partial charge in [-0.05, 0) is 51.4 Å². The van der Waals surface area contributed by atoms with Gasteiger partial charge in [-0.2, -0.15) is 21.9 Å². The van der Waals surface area contributed by atoms with Gasteiger partial charge in [0.05, 0.1) is 30.8 Å². The molecular formula is C44H52BO2P. The average Bonchev–Trinajstić information content (AvgIpc) is 3.18. The van der Waals surface area contributed by atoms with Gasteiger partial charge in [0.25, 0.3) is 0 Å². The maximum Gasteiger partial charge on any atom is 0.126 e. The van der Waals surface area contributed by atoms with Crippen LogP contribution in [0.15, 0.2) is 140 Å². The molecule has 0 saturated heterocycles. The number of rotatable bonds is 9. The Morgan fingerprint density at radius 2 is 0.750 bits per heavy atom. The highest BCUT2D eigenvalue weighted by Crippen LogP contribution is 2.55. The Kier molecular flexibility index (Phi) is 12.1. The molecule has 2 nitrogen and oxygen atoms in total. The van der Waals surface area contributed by atoms with E-state index in [-0.39, 0.29) is 0 Å². The molecule has 0 heterocycles. The minimum atomic E-state index is -1.22. The predicted molar refractivity (Wildman–Crippen MR) is 211 cm³/mol. The van der Waals surface area contributed by atoms with E-state index in [1.165, 1.54) is 86.1 Å². The zero-order valence-corrected chi connectivity index (χ0v) is 29.9. The first-order chi connectivity index (χ1) is 23.7. The highest BCUT2D eigenvalue weighted by molar-refractivity contribution is 7.67. The van der Waals surface area contributed by atoms with E-state index in [1.54, 1.807) is 19.5 Å². The molecule has 2 saturated carbocycles. The summed E-state index contributed by atoms with van der Waals surface area (Å²) >= 11 is 0. The van der Waals surface area contributed by atoms with Gasteiger partial charge in [0.15, 0.2) is 0 Å². The monoisotopic (exact) mass is 654 g/mol. The maximum atomic E-state index is 5.56. The van der Waals surface area contributed by atoms with Crippen LogP contribution in [0.5, 0.6) is 11.5 Å². The number of ether oxygens (including phenoxy) is 2. The second-order valence-electron chi connectivity index (χ2n) is 13.7. The third kappa shape index (κ3) is 7.74. The molecule has 248 valence electrons. The van der Waals surface area contributed by atoms with Gasteiger partial charge >= 0.3 is 0 Å². The molecule has 0 atom stereocenters. The summed E-state index contributed by atoms with van der Waals surface area (Å²) in [4.78, 5) is 0. The van der Waals surface area contributed by atoms with Gasteiger partial charge in [0, 0.05) is 26.1 Å². The van der Waals surface area contributed by atoms with Crippen LogP contribution in [0.25, 0.3) is 0 Å². The van der Waals surface area contributed by atoms with Gasteiger partial charge in [-0.15, -0.1) is 0 Å². The second kappa shape index (κ2) is 17.0. The highest BCUT2D eigenvalue weighted by atomic mass is 31.1. The van der Waals surface area contributed by atoms with Crippen LogP contribution in [0.3, 0.4) is 0 Å². The molecule has 0 N–H and O–H groups in total. The number of benzene rings is 5. The molecule has 5 aromatic rings. The van der Waals surface area contributed by atoms with Gasteiger partial charge < -0.3 is 9.47 Å². The molecule has 0 spiro atoms. The van der Waals surface area contributed by atoms with Crippen molar-refractivity contribution in [1.29, 1.82) is 0 Å². The van der Waals surface area contributed by atoms with Crippen molar-refractivity contribution < 1.29 is 9.47 Å². The Balaban J connectivity index is 0.000000168. The first kappa shape index (κ1) is 34.1. The Bertz CT molecular complexity index is 1450. The van der Waals surface area contributed by atoms with Gasteiger partial charge in [-0.1, -0.05) is 134 Å². The van der Waals surface area contributed by atoms with Crippen molar-refractivity contribution in [3.8, 4) is 11.5 Å². The normalized spacial score (nSPS) is 15.7. The fourth-order valence-electron chi connectivity index (χ4n) is 8.73.